The molecule has 3 aliphatic heterocycles. The number of carbonyl (C=O) groups excluding carboxylic acids is 3. The molecule has 1 aromatic carbocycles. The average Bonchev–Trinajstić information content (AvgIpc) is 3.16. The van der Waals surface area contributed by atoms with E-state index in [-0.39, 0.29) is 23.9 Å². The van der Waals surface area contributed by atoms with Crippen LogP contribution in [0.25, 0.3) is 6.08 Å². The van der Waals surface area contributed by atoms with Crippen LogP contribution in [0.3, 0.4) is 0 Å². The van der Waals surface area contributed by atoms with E-state index in [9.17, 15) is 14.4 Å². The van der Waals surface area contributed by atoms with E-state index in [1.54, 1.807) is 0 Å². The molecular weight excluding hydrogens is 342 g/mol. The Balaban J connectivity index is 1.60. The van der Waals surface area contributed by atoms with Gasteiger partial charge in [0, 0.05) is 12.2 Å². The predicted octanol–water partition coefficient (Wildman–Crippen LogP) is 1.82. The summed E-state index contributed by atoms with van der Waals surface area (Å²) >= 11 is 0. The number of carbonyl (C=O) groups is 3. The molecule has 1 aromatic rings. The molecule has 1 saturated carbocycles. The second kappa shape index (κ2) is 5.94. The molecule has 5 rings (SSSR count). The van der Waals surface area contributed by atoms with Gasteiger partial charge in [-0.15, -0.1) is 0 Å². The van der Waals surface area contributed by atoms with Crippen LogP contribution < -0.4 is 5.73 Å². The Kier molecular flexibility index (Phi) is 3.64. The summed E-state index contributed by atoms with van der Waals surface area (Å²) in [6, 6.07) is 6.76. The van der Waals surface area contributed by atoms with Crippen molar-refractivity contribution >= 4 is 23.8 Å². The maximum atomic E-state index is 13.4. The SMILES string of the molecule is NC(=O)[C@@H]1[C@@H]2C(=O)N(C3CCCCC3)C(=O)[C@H]2[C@H]2c3ccccc3C=CN12. The van der Waals surface area contributed by atoms with E-state index in [2.05, 4.69) is 0 Å². The van der Waals surface area contributed by atoms with Crippen molar-refractivity contribution in [3.05, 3.63) is 41.6 Å². The third-order valence-electron chi connectivity index (χ3n) is 6.73. The average molecular weight is 365 g/mol. The molecule has 0 spiro atoms. The molecule has 0 bridgehead atoms. The second-order valence-corrected chi connectivity index (χ2v) is 8.07. The van der Waals surface area contributed by atoms with Gasteiger partial charge in [0.1, 0.15) is 6.04 Å². The van der Waals surface area contributed by atoms with Crippen molar-refractivity contribution in [2.45, 2.75) is 50.2 Å². The third-order valence-corrected chi connectivity index (χ3v) is 6.73. The largest absolute Gasteiger partial charge is 0.368 e. The van der Waals surface area contributed by atoms with E-state index in [4.69, 9.17) is 5.73 Å². The Hall–Kier alpha value is -2.63. The highest BCUT2D eigenvalue weighted by Gasteiger charge is 2.64. The van der Waals surface area contributed by atoms with Crippen molar-refractivity contribution < 1.29 is 14.4 Å². The zero-order valence-electron chi connectivity index (χ0n) is 15.1. The number of rotatable bonds is 2. The van der Waals surface area contributed by atoms with Gasteiger partial charge >= 0.3 is 0 Å². The van der Waals surface area contributed by atoms with Crippen LogP contribution in [0.4, 0.5) is 0 Å². The Morgan fingerprint density at radius 2 is 1.70 bits per heavy atom. The lowest BCUT2D eigenvalue weighted by molar-refractivity contribution is -0.146. The maximum Gasteiger partial charge on any atom is 0.240 e. The van der Waals surface area contributed by atoms with Crippen molar-refractivity contribution in [3.63, 3.8) is 0 Å². The Morgan fingerprint density at radius 1 is 1.00 bits per heavy atom. The summed E-state index contributed by atoms with van der Waals surface area (Å²) in [4.78, 5) is 42.4. The number of likely N-dealkylation sites (tertiary alicyclic amines) is 1. The van der Waals surface area contributed by atoms with Gasteiger partial charge in [-0.3, -0.25) is 19.3 Å². The molecule has 0 unspecified atom stereocenters. The summed E-state index contributed by atoms with van der Waals surface area (Å²) in [5.41, 5.74) is 7.73. The van der Waals surface area contributed by atoms with Crippen LogP contribution in [0, 0.1) is 11.8 Å². The standard InChI is InChI=1S/C21H23N3O3/c22-19(25)18-16-15(17-14-9-5-4-6-12(14)10-11-23(17)18)20(26)24(21(16)27)13-7-2-1-3-8-13/h4-6,9-11,13,15-18H,1-3,7-8H2,(H2,22,25)/t15-,16-,17-,18+/m1/s1. The number of imide groups is 1. The highest BCUT2D eigenvalue weighted by Crippen LogP contribution is 2.53. The third kappa shape index (κ3) is 2.22. The fourth-order valence-electron chi connectivity index (χ4n) is 5.60. The number of hydrogen-bond donors (Lipinski definition) is 1. The molecule has 0 aromatic heterocycles. The molecule has 2 N–H and O–H groups in total. The lowest BCUT2D eigenvalue weighted by Crippen LogP contribution is -2.49. The molecule has 0 radical (unpaired) electrons. The molecule has 1 aliphatic carbocycles. The monoisotopic (exact) mass is 365 g/mol. The van der Waals surface area contributed by atoms with Gasteiger partial charge < -0.3 is 10.6 Å². The maximum absolute atomic E-state index is 13.4. The molecule has 2 saturated heterocycles. The second-order valence-electron chi connectivity index (χ2n) is 8.07. The summed E-state index contributed by atoms with van der Waals surface area (Å²) in [6.07, 6.45) is 8.71. The minimum atomic E-state index is -0.769. The molecule has 3 fully saturated rings. The van der Waals surface area contributed by atoms with Crippen molar-refractivity contribution in [2.75, 3.05) is 0 Å². The van der Waals surface area contributed by atoms with Crippen LogP contribution in [0.5, 0.6) is 0 Å². The highest BCUT2D eigenvalue weighted by atomic mass is 16.2. The number of primary amides is 1. The van der Waals surface area contributed by atoms with E-state index >= 15 is 0 Å². The van der Waals surface area contributed by atoms with E-state index < -0.39 is 23.8 Å². The van der Waals surface area contributed by atoms with Gasteiger partial charge in [0.05, 0.1) is 17.9 Å². The van der Waals surface area contributed by atoms with Crippen molar-refractivity contribution in [1.29, 1.82) is 0 Å². The Labute approximate surface area is 158 Å². The first-order valence-electron chi connectivity index (χ1n) is 9.80. The van der Waals surface area contributed by atoms with Crippen LogP contribution >= 0.6 is 0 Å². The van der Waals surface area contributed by atoms with Crippen LogP contribution in [-0.2, 0) is 14.4 Å². The van der Waals surface area contributed by atoms with Gasteiger partial charge in [0.2, 0.25) is 17.7 Å². The summed E-state index contributed by atoms with van der Waals surface area (Å²) in [5, 5.41) is 0. The number of amides is 3. The smallest absolute Gasteiger partial charge is 0.240 e. The molecule has 6 nitrogen and oxygen atoms in total. The fourth-order valence-corrected chi connectivity index (χ4v) is 5.60. The van der Waals surface area contributed by atoms with Crippen molar-refractivity contribution in [3.8, 4) is 0 Å². The molecule has 140 valence electrons. The number of fused-ring (bicyclic) bond motifs is 5. The van der Waals surface area contributed by atoms with Crippen LogP contribution in [0.2, 0.25) is 0 Å². The summed E-state index contributed by atoms with van der Waals surface area (Å²) < 4.78 is 0. The van der Waals surface area contributed by atoms with Gasteiger partial charge in [-0.2, -0.15) is 0 Å². The number of nitrogens with two attached hydrogens (primary N) is 1. The Morgan fingerprint density at radius 3 is 2.44 bits per heavy atom. The molecular formula is C21H23N3O3. The fraction of sp³-hybridized carbons (Fsp3) is 0.476. The van der Waals surface area contributed by atoms with Crippen LogP contribution in [0.1, 0.15) is 49.3 Å². The highest BCUT2D eigenvalue weighted by molar-refractivity contribution is 6.09. The van der Waals surface area contributed by atoms with Gasteiger partial charge in [0.25, 0.3) is 0 Å². The normalized spacial score (nSPS) is 32.4. The van der Waals surface area contributed by atoms with Crippen LogP contribution in [-0.4, -0.2) is 39.6 Å². The summed E-state index contributed by atoms with van der Waals surface area (Å²) in [7, 11) is 0. The van der Waals surface area contributed by atoms with Crippen LogP contribution in [0.15, 0.2) is 30.5 Å². The van der Waals surface area contributed by atoms with Gasteiger partial charge in [0.15, 0.2) is 0 Å². The predicted molar refractivity (Wildman–Crippen MR) is 98.7 cm³/mol. The number of benzene rings is 1. The minimum Gasteiger partial charge on any atom is -0.368 e. The molecule has 27 heavy (non-hydrogen) atoms. The van der Waals surface area contributed by atoms with Gasteiger partial charge in [-0.25, -0.2) is 0 Å². The molecule has 3 amide bonds. The van der Waals surface area contributed by atoms with E-state index in [0.717, 1.165) is 43.2 Å². The zero-order chi connectivity index (χ0) is 18.7. The summed E-state index contributed by atoms with van der Waals surface area (Å²) in [5.74, 6) is -2.09. The topological polar surface area (TPSA) is 83.7 Å². The first-order chi connectivity index (χ1) is 13.1. The molecule has 4 atom stereocenters. The lowest BCUT2D eigenvalue weighted by Gasteiger charge is -2.36. The molecule has 3 heterocycles. The van der Waals surface area contributed by atoms with E-state index in [0.29, 0.717) is 0 Å². The van der Waals surface area contributed by atoms with E-state index in [1.165, 1.54) is 4.90 Å². The quantitative estimate of drug-likeness (QED) is 0.810. The molecule has 6 heteroatoms. The van der Waals surface area contributed by atoms with E-state index in [1.807, 2.05) is 41.4 Å². The summed E-state index contributed by atoms with van der Waals surface area (Å²) in [6.45, 7) is 0. The van der Waals surface area contributed by atoms with Crippen molar-refractivity contribution in [2.24, 2.45) is 17.6 Å². The number of nitrogens with zero attached hydrogens (tertiary/aromatic N) is 2. The van der Waals surface area contributed by atoms with Gasteiger partial charge in [-0.1, -0.05) is 43.5 Å². The lowest BCUT2D eigenvalue weighted by atomic mass is 9.84. The minimum absolute atomic E-state index is 0.0271. The first-order valence-corrected chi connectivity index (χ1v) is 9.80. The zero-order valence-corrected chi connectivity index (χ0v) is 15.1. The Bertz CT molecular complexity index is 858. The first kappa shape index (κ1) is 16.5. The van der Waals surface area contributed by atoms with Gasteiger partial charge in [-0.05, 0) is 30.0 Å². The number of hydrogen-bond acceptors (Lipinski definition) is 4. The van der Waals surface area contributed by atoms with Crippen molar-refractivity contribution in [1.82, 2.24) is 9.80 Å². The molecule has 4 aliphatic rings.